The molecule has 21 heavy (non-hydrogen) atoms. The molecule has 5 heteroatoms. The lowest BCUT2D eigenvalue weighted by molar-refractivity contribution is 0.451. The van der Waals surface area contributed by atoms with Crippen molar-refractivity contribution in [3.8, 4) is 11.4 Å². The number of aromatic nitrogens is 3. The standard InChI is InChI=1S/C16H17FN4/c1-20(2)15-8-7-12(11-18-15)16-19-13-5-3-4-6-14(13)21(16)10-9-17/h3-8,11H,9-10H2,1-2H3. The summed E-state index contributed by atoms with van der Waals surface area (Å²) >= 11 is 0. The number of nitrogens with zero attached hydrogens (tertiary/aromatic N) is 4. The van der Waals surface area contributed by atoms with Gasteiger partial charge in [-0.15, -0.1) is 0 Å². The molecular weight excluding hydrogens is 267 g/mol. The van der Waals surface area contributed by atoms with Gasteiger partial charge in [0, 0.05) is 25.9 Å². The summed E-state index contributed by atoms with van der Waals surface area (Å²) in [5.74, 6) is 1.64. The van der Waals surface area contributed by atoms with Crippen LogP contribution in [0.15, 0.2) is 42.6 Å². The van der Waals surface area contributed by atoms with Crippen molar-refractivity contribution in [2.45, 2.75) is 6.54 Å². The van der Waals surface area contributed by atoms with Gasteiger partial charge in [-0.3, -0.25) is 0 Å². The van der Waals surface area contributed by atoms with Crippen molar-refractivity contribution >= 4 is 16.9 Å². The summed E-state index contributed by atoms with van der Waals surface area (Å²) in [6.45, 7) is -0.123. The van der Waals surface area contributed by atoms with E-state index in [1.807, 2.05) is 60.0 Å². The average molecular weight is 284 g/mol. The fraction of sp³-hybridized carbons (Fsp3) is 0.250. The van der Waals surface area contributed by atoms with Crippen LogP contribution >= 0.6 is 0 Å². The molecule has 3 rings (SSSR count). The van der Waals surface area contributed by atoms with Gasteiger partial charge in [0.05, 0.1) is 17.6 Å². The predicted octanol–water partition coefficient (Wildman–Crippen LogP) is 3.13. The van der Waals surface area contributed by atoms with Crippen LogP contribution in [0.3, 0.4) is 0 Å². The Bertz CT molecular complexity index is 747. The Morgan fingerprint density at radius 3 is 2.62 bits per heavy atom. The Kier molecular flexibility index (Phi) is 3.56. The highest BCUT2D eigenvalue weighted by Crippen LogP contribution is 2.25. The van der Waals surface area contributed by atoms with Crippen LogP contribution in [0.25, 0.3) is 22.4 Å². The van der Waals surface area contributed by atoms with Gasteiger partial charge in [-0.2, -0.15) is 0 Å². The van der Waals surface area contributed by atoms with Crippen LogP contribution in [0.2, 0.25) is 0 Å². The molecule has 108 valence electrons. The Morgan fingerprint density at radius 1 is 1.14 bits per heavy atom. The molecule has 3 aromatic rings. The molecule has 0 bridgehead atoms. The van der Waals surface area contributed by atoms with E-state index in [9.17, 15) is 4.39 Å². The van der Waals surface area contributed by atoms with Gasteiger partial charge >= 0.3 is 0 Å². The summed E-state index contributed by atoms with van der Waals surface area (Å²) in [5.41, 5.74) is 2.71. The van der Waals surface area contributed by atoms with E-state index in [0.717, 1.165) is 28.2 Å². The molecule has 0 atom stereocenters. The SMILES string of the molecule is CN(C)c1ccc(-c2nc3ccccc3n2CCF)cn1. The maximum atomic E-state index is 12.9. The third-order valence-electron chi connectivity index (χ3n) is 3.43. The smallest absolute Gasteiger partial charge is 0.142 e. The normalized spacial score (nSPS) is 11.0. The molecule has 0 spiro atoms. The van der Waals surface area contributed by atoms with Gasteiger partial charge in [-0.25, -0.2) is 14.4 Å². The highest BCUT2D eigenvalue weighted by Gasteiger charge is 2.12. The molecule has 0 unspecified atom stereocenters. The van der Waals surface area contributed by atoms with Crippen LogP contribution in [0.5, 0.6) is 0 Å². The molecule has 0 fully saturated rings. The second kappa shape index (κ2) is 5.52. The number of anilines is 1. The first-order valence-corrected chi connectivity index (χ1v) is 6.85. The zero-order valence-electron chi connectivity index (χ0n) is 12.1. The first-order chi connectivity index (χ1) is 10.2. The maximum absolute atomic E-state index is 12.9. The summed E-state index contributed by atoms with van der Waals surface area (Å²) in [7, 11) is 3.89. The second-order valence-electron chi connectivity index (χ2n) is 5.06. The van der Waals surface area contributed by atoms with Gasteiger partial charge in [0.1, 0.15) is 18.3 Å². The minimum atomic E-state index is -0.420. The van der Waals surface area contributed by atoms with E-state index >= 15 is 0 Å². The van der Waals surface area contributed by atoms with Gasteiger partial charge in [0.2, 0.25) is 0 Å². The van der Waals surface area contributed by atoms with Gasteiger partial charge in [-0.05, 0) is 24.3 Å². The number of halogens is 1. The quantitative estimate of drug-likeness (QED) is 0.738. The zero-order valence-corrected chi connectivity index (χ0v) is 12.1. The third kappa shape index (κ3) is 2.46. The maximum Gasteiger partial charge on any atom is 0.142 e. The summed E-state index contributed by atoms with van der Waals surface area (Å²) in [4.78, 5) is 11.0. The first-order valence-electron chi connectivity index (χ1n) is 6.85. The summed E-state index contributed by atoms with van der Waals surface area (Å²) in [6, 6.07) is 11.7. The van der Waals surface area contributed by atoms with E-state index in [2.05, 4.69) is 9.97 Å². The summed E-state index contributed by atoms with van der Waals surface area (Å²) in [6.07, 6.45) is 1.78. The number of rotatable bonds is 4. The molecule has 1 aromatic carbocycles. The van der Waals surface area contributed by atoms with Crippen molar-refractivity contribution in [3.05, 3.63) is 42.6 Å². The fourth-order valence-corrected chi connectivity index (χ4v) is 2.39. The Hall–Kier alpha value is -2.43. The lowest BCUT2D eigenvalue weighted by Gasteiger charge is -2.11. The average Bonchev–Trinajstić information content (AvgIpc) is 2.87. The molecule has 0 saturated carbocycles. The van der Waals surface area contributed by atoms with Gasteiger partial charge in [-0.1, -0.05) is 12.1 Å². The predicted molar refractivity (Wildman–Crippen MR) is 83.3 cm³/mol. The lowest BCUT2D eigenvalue weighted by atomic mass is 10.2. The molecular formula is C16H17FN4. The number of imidazole rings is 1. The van der Waals surface area contributed by atoms with Gasteiger partial charge < -0.3 is 9.47 Å². The van der Waals surface area contributed by atoms with Crippen LogP contribution in [0, 0.1) is 0 Å². The second-order valence-corrected chi connectivity index (χ2v) is 5.06. The van der Waals surface area contributed by atoms with Gasteiger partial charge in [0.25, 0.3) is 0 Å². The molecule has 4 nitrogen and oxygen atoms in total. The van der Waals surface area contributed by atoms with E-state index in [-0.39, 0.29) is 0 Å². The van der Waals surface area contributed by atoms with Crippen molar-refractivity contribution in [2.24, 2.45) is 0 Å². The number of hydrogen-bond donors (Lipinski definition) is 0. The van der Waals surface area contributed by atoms with E-state index in [1.54, 1.807) is 6.20 Å². The van der Waals surface area contributed by atoms with Crippen LogP contribution in [0.1, 0.15) is 0 Å². The minimum absolute atomic E-state index is 0.297. The van der Waals surface area contributed by atoms with E-state index in [1.165, 1.54) is 0 Å². The Labute approximate surface area is 122 Å². The lowest BCUT2D eigenvalue weighted by Crippen LogP contribution is -2.10. The molecule has 0 N–H and O–H groups in total. The number of para-hydroxylation sites is 2. The van der Waals surface area contributed by atoms with Crippen molar-refractivity contribution in [3.63, 3.8) is 0 Å². The van der Waals surface area contributed by atoms with Crippen LogP contribution in [-0.2, 0) is 6.54 Å². The van der Waals surface area contributed by atoms with E-state index in [4.69, 9.17) is 0 Å². The first kappa shape index (κ1) is 13.5. The monoisotopic (exact) mass is 284 g/mol. The molecule has 0 aliphatic rings. The Balaban J connectivity index is 2.12. The summed E-state index contributed by atoms with van der Waals surface area (Å²) < 4.78 is 14.8. The molecule has 0 aliphatic carbocycles. The zero-order chi connectivity index (χ0) is 14.8. The van der Waals surface area contributed by atoms with Crippen molar-refractivity contribution in [2.75, 3.05) is 25.7 Å². The largest absolute Gasteiger partial charge is 0.363 e. The minimum Gasteiger partial charge on any atom is -0.363 e. The highest BCUT2D eigenvalue weighted by molar-refractivity contribution is 5.80. The van der Waals surface area contributed by atoms with E-state index < -0.39 is 6.67 Å². The number of alkyl halides is 1. The summed E-state index contributed by atoms with van der Waals surface area (Å²) in [5, 5.41) is 0. The molecule has 0 aliphatic heterocycles. The molecule has 0 saturated heterocycles. The molecule has 0 radical (unpaired) electrons. The number of benzene rings is 1. The van der Waals surface area contributed by atoms with Crippen LogP contribution < -0.4 is 4.90 Å². The van der Waals surface area contributed by atoms with Crippen LogP contribution in [0.4, 0.5) is 10.2 Å². The molecule has 2 heterocycles. The van der Waals surface area contributed by atoms with Crippen molar-refractivity contribution in [1.82, 2.24) is 14.5 Å². The molecule has 2 aromatic heterocycles. The number of aryl methyl sites for hydroxylation is 1. The number of fused-ring (bicyclic) bond motifs is 1. The fourth-order valence-electron chi connectivity index (χ4n) is 2.39. The molecule has 0 amide bonds. The van der Waals surface area contributed by atoms with Crippen molar-refractivity contribution < 1.29 is 4.39 Å². The third-order valence-corrected chi connectivity index (χ3v) is 3.43. The topological polar surface area (TPSA) is 34.0 Å². The van der Waals surface area contributed by atoms with Gasteiger partial charge in [0.15, 0.2) is 0 Å². The number of pyridine rings is 1. The number of hydrogen-bond acceptors (Lipinski definition) is 3. The Morgan fingerprint density at radius 2 is 1.95 bits per heavy atom. The van der Waals surface area contributed by atoms with Crippen molar-refractivity contribution in [1.29, 1.82) is 0 Å². The van der Waals surface area contributed by atoms with Crippen LogP contribution in [-0.4, -0.2) is 35.3 Å². The highest BCUT2D eigenvalue weighted by atomic mass is 19.1. The van der Waals surface area contributed by atoms with E-state index in [0.29, 0.717) is 6.54 Å².